The largest absolute Gasteiger partial charge is 0.460 e. The van der Waals surface area contributed by atoms with Gasteiger partial charge in [-0.1, -0.05) is 42.5 Å². The molecule has 1 aliphatic rings. The van der Waals surface area contributed by atoms with Crippen LogP contribution >= 0.6 is 0 Å². The number of aldehydes is 1. The molecule has 0 bridgehead atoms. The fraction of sp³-hybridized carbons (Fsp3) is 0.259. The Kier molecular flexibility index (Phi) is 5.99. The van der Waals surface area contributed by atoms with E-state index in [0.29, 0.717) is 17.0 Å². The molecule has 0 N–H and O–H groups in total. The molecular formula is C27H26N2O3. The first kappa shape index (κ1) is 21.6. The minimum absolute atomic E-state index is 0.274. The van der Waals surface area contributed by atoms with Gasteiger partial charge in [0.05, 0.1) is 23.1 Å². The van der Waals surface area contributed by atoms with E-state index in [4.69, 9.17) is 4.74 Å². The zero-order valence-corrected chi connectivity index (χ0v) is 18.7. The lowest BCUT2D eigenvalue weighted by Crippen LogP contribution is -2.32. The van der Waals surface area contributed by atoms with E-state index in [2.05, 4.69) is 16.0 Å². The maximum absolute atomic E-state index is 13.1. The molecule has 2 heterocycles. The zero-order chi connectivity index (χ0) is 22.8. The zero-order valence-electron chi connectivity index (χ0n) is 18.7. The highest BCUT2D eigenvalue weighted by Crippen LogP contribution is 2.41. The Morgan fingerprint density at radius 1 is 1.03 bits per heavy atom. The predicted octanol–water partition coefficient (Wildman–Crippen LogP) is 5.50. The Hall–Kier alpha value is -3.60. The van der Waals surface area contributed by atoms with Crippen molar-refractivity contribution in [1.82, 2.24) is 4.98 Å². The van der Waals surface area contributed by atoms with E-state index in [0.717, 1.165) is 33.9 Å². The molecule has 0 saturated heterocycles. The first-order valence-corrected chi connectivity index (χ1v) is 10.8. The number of hydrogen-bond acceptors (Lipinski definition) is 5. The monoisotopic (exact) mass is 426 g/mol. The summed E-state index contributed by atoms with van der Waals surface area (Å²) in [4.78, 5) is 34.5. The van der Waals surface area contributed by atoms with Gasteiger partial charge in [0, 0.05) is 34.5 Å². The molecule has 5 heteroatoms. The molecule has 0 amide bonds. The smallest absolute Gasteiger partial charge is 0.336 e. The third-order valence-corrected chi connectivity index (χ3v) is 5.80. The van der Waals surface area contributed by atoms with Crippen molar-refractivity contribution in [2.45, 2.75) is 39.7 Å². The Morgan fingerprint density at radius 2 is 1.78 bits per heavy atom. The highest BCUT2D eigenvalue weighted by atomic mass is 16.5. The number of pyridine rings is 1. The molecule has 0 fully saturated rings. The van der Waals surface area contributed by atoms with Gasteiger partial charge in [-0.25, -0.2) is 4.79 Å². The summed E-state index contributed by atoms with van der Waals surface area (Å²) in [5.74, 6) is -1.48. The number of carbonyl (C=O) groups excluding carboxylic acids is 2. The number of esters is 1. The molecule has 0 aliphatic carbocycles. The van der Waals surface area contributed by atoms with E-state index < -0.39 is 17.8 Å². The SMILES string of the molecule is CC1=NC(C)=C(C(=O)OC(C)C)C(c2cccc3ncc(-c4ccccc4)cc23)C1C=O. The summed E-state index contributed by atoms with van der Waals surface area (Å²) < 4.78 is 5.55. The van der Waals surface area contributed by atoms with Gasteiger partial charge in [0.1, 0.15) is 6.29 Å². The topological polar surface area (TPSA) is 68.6 Å². The van der Waals surface area contributed by atoms with Crippen LogP contribution in [0.1, 0.15) is 39.2 Å². The van der Waals surface area contributed by atoms with Gasteiger partial charge in [0.2, 0.25) is 0 Å². The molecule has 162 valence electrons. The molecule has 4 rings (SSSR count). The molecule has 32 heavy (non-hydrogen) atoms. The molecule has 3 aromatic rings. The van der Waals surface area contributed by atoms with Crippen LogP contribution in [0.3, 0.4) is 0 Å². The Bertz CT molecular complexity index is 1240. The first-order chi connectivity index (χ1) is 15.4. The van der Waals surface area contributed by atoms with E-state index in [1.165, 1.54) is 0 Å². The minimum Gasteiger partial charge on any atom is -0.460 e. The molecule has 2 atom stereocenters. The highest BCUT2D eigenvalue weighted by molar-refractivity contribution is 6.04. The summed E-state index contributed by atoms with van der Waals surface area (Å²) in [6.07, 6.45) is 2.46. The van der Waals surface area contributed by atoms with Crippen LogP contribution < -0.4 is 0 Å². The van der Waals surface area contributed by atoms with E-state index in [-0.39, 0.29) is 6.10 Å². The lowest BCUT2D eigenvalue weighted by Gasteiger charge is -2.31. The van der Waals surface area contributed by atoms with Crippen molar-refractivity contribution in [3.05, 3.63) is 77.6 Å². The minimum atomic E-state index is -0.556. The van der Waals surface area contributed by atoms with Crippen molar-refractivity contribution in [2.75, 3.05) is 0 Å². The molecule has 2 unspecified atom stereocenters. The molecule has 0 saturated carbocycles. The van der Waals surface area contributed by atoms with Gasteiger partial charge >= 0.3 is 5.97 Å². The number of nitrogens with zero attached hydrogens (tertiary/aromatic N) is 2. The number of aliphatic imine (C=N–C) groups is 1. The van der Waals surface area contributed by atoms with Gasteiger partial charge in [-0.3, -0.25) is 9.98 Å². The van der Waals surface area contributed by atoms with Crippen molar-refractivity contribution in [1.29, 1.82) is 0 Å². The van der Waals surface area contributed by atoms with Gasteiger partial charge in [-0.2, -0.15) is 0 Å². The molecule has 2 aromatic carbocycles. The van der Waals surface area contributed by atoms with E-state index in [9.17, 15) is 9.59 Å². The van der Waals surface area contributed by atoms with Crippen LogP contribution in [0, 0.1) is 5.92 Å². The van der Waals surface area contributed by atoms with E-state index in [1.54, 1.807) is 6.92 Å². The lowest BCUT2D eigenvalue weighted by atomic mass is 9.75. The number of hydrogen-bond donors (Lipinski definition) is 0. The van der Waals surface area contributed by atoms with Gasteiger partial charge in [-0.15, -0.1) is 0 Å². The molecule has 1 aliphatic heterocycles. The van der Waals surface area contributed by atoms with Crippen molar-refractivity contribution < 1.29 is 14.3 Å². The summed E-state index contributed by atoms with van der Waals surface area (Å²) in [6, 6.07) is 17.9. The molecule has 0 spiro atoms. The second-order valence-corrected chi connectivity index (χ2v) is 8.35. The maximum Gasteiger partial charge on any atom is 0.336 e. The number of carbonyl (C=O) groups is 2. The third kappa shape index (κ3) is 3.98. The van der Waals surface area contributed by atoms with Gasteiger partial charge in [0.25, 0.3) is 0 Å². The van der Waals surface area contributed by atoms with Gasteiger partial charge in [-0.05, 0) is 51.0 Å². The maximum atomic E-state index is 13.1. The second kappa shape index (κ2) is 8.87. The second-order valence-electron chi connectivity index (χ2n) is 8.35. The average molecular weight is 427 g/mol. The van der Waals surface area contributed by atoms with Crippen molar-refractivity contribution >= 4 is 28.9 Å². The predicted molar refractivity (Wildman–Crippen MR) is 127 cm³/mol. The van der Waals surface area contributed by atoms with E-state index >= 15 is 0 Å². The van der Waals surface area contributed by atoms with Crippen LogP contribution in [0.25, 0.3) is 22.0 Å². The van der Waals surface area contributed by atoms with Crippen LogP contribution in [0.5, 0.6) is 0 Å². The lowest BCUT2D eigenvalue weighted by molar-refractivity contribution is -0.143. The number of allylic oxidation sites excluding steroid dienone is 1. The number of benzene rings is 2. The Balaban J connectivity index is 1.94. The summed E-state index contributed by atoms with van der Waals surface area (Å²) in [7, 11) is 0. The number of aromatic nitrogens is 1. The fourth-order valence-electron chi connectivity index (χ4n) is 4.36. The van der Waals surface area contributed by atoms with Gasteiger partial charge in [0.15, 0.2) is 0 Å². The highest BCUT2D eigenvalue weighted by Gasteiger charge is 2.38. The molecular weight excluding hydrogens is 400 g/mol. The first-order valence-electron chi connectivity index (χ1n) is 10.8. The summed E-state index contributed by atoms with van der Waals surface area (Å²) in [6.45, 7) is 7.25. The van der Waals surface area contributed by atoms with Crippen LogP contribution in [0.2, 0.25) is 0 Å². The van der Waals surface area contributed by atoms with Gasteiger partial charge < -0.3 is 9.53 Å². The van der Waals surface area contributed by atoms with Crippen LogP contribution in [0.15, 0.2) is 77.1 Å². The van der Waals surface area contributed by atoms with Crippen molar-refractivity contribution in [2.24, 2.45) is 10.9 Å². The molecule has 1 aromatic heterocycles. The van der Waals surface area contributed by atoms with Crippen molar-refractivity contribution in [3.8, 4) is 11.1 Å². The normalized spacial score (nSPS) is 18.6. The summed E-state index contributed by atoms with van der Waals surface area (Å²) in [5, 5.41) is 0.906. The summed E-state index contributed by atoms with van der Waals surface area (Å²) >= 11 is 0. The van der Waals surface area contributed by atoms with Crippen LogP contribution in [0.4, 0.5) is 0 Å². The third-order valence-electron chi connectivity index (χ3n) is 5.80. The molecule has 0 radical (unpaired) electrons. The number of fused-ring (bicyclic) bond motifs is 1. The standard InChI is InChI=1S/C27H26N2O3/c1-16(2)32-27(31)25-18(4)29-17(3)23(15-30)26(25)21-11-8-12-24-22(21)13-20(14-28-24)19-9-6-5-7-10-19/h5-16,23,26H,1-4H3. The fourth-order valence-corrected chi connectivity index (χ4v) is 4.36. The number of ether oxygens (including phenoxy) is 1. The van der Waals surface area contributed by atoms with Crippen molar-refractivity contribution in [3.63, 3.8) is 0 Å². The quantitative estimate of drug-likeness (QED) is 0.399. The van der Waals surface area contributed by atoms with Crippen LogP contribution in [-0.4, -0.2) is 29.1 Å². The molecule has 5 nitrogen and oxygen atoms in total. The summed E-state index contributed by atoms with van der Waals surface area (Å²) in [5.41, 5.74) is 5.40. The Labute approximate surface area is 187 Å². The Morgan fingerprint density at radius 3 is 2.47 bits per heavy atom. The van der Waals surface area contributed by atoms with Crippen LogP contribution in [-0.2, 0) is 14.3 Å². The average Bonchev–Trinajstić information content (AvgIpc) is 2.78. The van der Waals surface area contributed by atoms with E-state index in [1.807, 2.05) is 75.5 Å². The number of rotatable bonds is 5.